The average Bonchev–Trinajstić information content (AvgIpc) is 2.74. The fourth-order valence-electron chi connectivity index (χ4n) is 1.32. The average molecular weight is 276 g/mol. The van der Waals surface area contributed by atoms with E-state index in [0.29, 0.717) is 21.6 Å². The van der Waals surface area contributed by atoms with Gasteiger partial charge in [0.05, 0.1) is 20.8 Å². The third-order valence-corrected chi connectivity index (χ3v) is 3.19. The summed E-state index contributed by atoms with van der Waals surface area (Å²) in [5.74, 6) is 0. The minimum atomic E-state index is 0.457. The molecule has 1 heterocycles. The molecule has 0 saturated heterocycles. The number of aromatic nitrogens is 1. The summed E-state index contributed by atoms with van der Waals surface area (Å²) >= 11 is 17.8. The first-order chi connectivity index (χ1) is 7.66. The zero-order valence-electron chi connectivity index (χ0n) is 8.23. The van der Waals surface area contributed by atoms with Gasteiger partial charge in [-0.1, -0.05) is 34.8 Å². The van der Waals surface area contributed by atoms with E-state index in [-0.39, 0.29) is 0 Å². The molecule has 2 rings (SSSR count). The van der Waals surface area contributed by atoms with Crippen LogP contribution in [0.1, 0.15) is 5.56 Å². The number of halogens is 3. The molecule has 1 aromatic heterocycles. The Kier molecular flexibility index (Phi) is 3.64. The lowest BCUT2D eigenvalue weighted by atomic mass is 10.3. The van der Waals surface area contributed by atoms with Gasteiger partial charge >= 0.3 is 0 Å². The molecule has 16 heavy (non-hydrogen) atoms. The highest BCUT2D eigenvalue weighted by Crippen LogP contribution is 2.32. The second-order valence-electron chi connectivity index (χ2n) is 3.32. The van der Waals surface area contributed by atoms with Crippen LogP contribution in [-0.2, 0) is 6.54 Å². The Morgan fingerprint density at radius 1 is 1.06 bits per heavy atom. The van der Waals surface area contributed by atoms with Crippen molar-refractivity contribution in [1.29, 1.82) is 0 Å². The minimum Gasteiger partial charge on any atom is -0.380 e. The molecule has 2 aromatic rings. The summed E-state index contributed by atoms with van der Waals surface area (Å²) in [7, 11) is 0. The third kappa shape index (κ3) is 2.64. The zero-order valence-corrected chi connectivity index (χ0v) is 10.5. The predicted molar refractivity (Wildman–Crippen MR) is 69.6 cm³/mol. The summed E-state index contributed by atoms with van der Waals surface area (Å²) < 4.78 is 0. The van der Waals surface area contributed by atoms with Crippen molar-refractivity contribution in [2.24, 2.45) is 0 Å². The summed E-state index contributed by atoms with van der Waals surface area (Å²) in [4.78, 5) is 2.98. The Morgan fingerprint density at radius 3 is 2.50 bits per heavy atom. The van der Waals surface area contributed by atoms with E-state index < -0.39 is 0 Å². The van der Waals surface area contributed by atoms with E-state index >= 15 is 0 Å². The number of aromatic amines is 1. The molecule has 0 radical (unpaired) electrons. The van der Waals surface area contributed by atoms with Crippen molar-refractivity contribution in [3.63, 3.8) is 0 Å². The second kappa shape index (κ2) is 5.00. The first-order valence-electron chi connectivity index (χ1n) is 4.67. The lowest BCUT2D eigenvalue weighted by molar-refractivity contribution is 1.15. The van der Waals surface area contributed by atoms with E-state index in [0.717, 1.165) is 11.3 Å². The summed E-state index contributed by atoms with van der Waals surface area (Å²) in [5.41, 5.74) is 1.92. The van der Waals surface area contributed by atoms with E-state index in [4.69, 9.17) is 34.8 Å². The van der Waals surface area contributed by atoms with Crippen molar-refractivity contribution < 1.29 is 0 Å². The van der Waals surface area contributed by atoms with E-state index in [1.807, 2.05) is 18.5 Å². The topological polar surface area (TPSA) is 27.8 Å². The van der Waals surface area contributed by atoms with Crippen LogP contribution in [0, 0.1) is 0 Å². The van der Waals surface area contributed by atoms with E-state index in [1.54, 1.807) is 12.1 Å². The molecule has 0 saturated carbocycles. The van der Waals surface area contributed by atoms with Crippen molar-refractivity contribution in [3.8, 4) is 0 Å². The summed E-state index contributed by atoms with van der Waals surface area (Å²) in [6.45, 7) is 0.682. The molecule has 0 bridgehead atoms. The van der Waals surface area contributed by atoms with Crippen molar-refractivity contribution in [3.05, 3.63) is 51.2 Å². The fourth-order valence-corrected chi connectivity index (χ4v) is 1.94. The molecule has 0 aliphatic carbocycles. The van der Waals surface area contributed by atoms with E-state index in [2.05, 4.69) is 10.3 Å². The van der Waals surface area contributed by atoms with Crippen LogP contribution in [0.25, 0.3) is 0 Å². The van der Waals surface area contributed by atoms with Gasteiger partial charge in [-0.25, -0.2) is 0 Å². The standard InChI is InChI=1S/C11H9Cl3N2/c12-8-3-10(14)11(4-9(8)13)16-6-7-1-2-15-5-7/h1-5,15-16H,6H2. The third-order valence-electron chi connectivity index (χ3n) is 2.16. The molecule has 2 N–H and O–H groups in total. The van der Waals surface area contributed by atoms with Gasteiger partial charge in [0.15, 0.2) is 0 Å². The largest absolute Gasteiger partial charge is 0.380 e. The molecule has 0 unspecified atom stereocenters. The van der Waals surface area contributed by atoms with Crippen LogP contribution in [0.3, 0.4) is 0 Å². The number of benzene rings is 1. The van der Waals surface area contributed by atoms with Crippen molar-refractivity contribution in [1.82, 2.24) is 4.98 Å². The Bertz CT molecular complexity index is 480. The quantitative estimate of drug-likeness (QED) is 0.788. The van der Waals surface area contributed by atoms with Gasteiger partial charge in [-0.3, -0.25) is 0 Å². The lowest BCUT2D eigenvalue weighted by Gasteiger charge is -2.08. The van der Waals surface area contributed by atoms with Gasteiger partial charge < -0.3 is 10.3 Å². The van der Waals surface area contributed by atoms with Gasteiger partial charge in [-0.2, -0.15) is 0 Å². The molecule has 0 aliphatic rings. The monoisotopic (exact) mass is 274 g/mol. The lowest BCUT2D eigenvalue weighted by Crippen LogP contribution is -1.98. The van der Waals surface area contributed by atoms with Crippen molar-refractivity contribution >= 4 is 40.5 Å². The zero-order chi connectivity index (χ0) is 11.5. The molecule has 0 fully saturated rings. The van der Waals surface area contributed by atoms with Crippen LogP contribution >= 0.6 is 34.8 Å². The Labute approximate surface area is 109 Å². The summed E-state index contributed by atoms with van der Waals surface area (Å²) in [6, 6.07) is 5.34. The minimum absolute atomic E-state index is 0.457. The molecule has 84 valence electrons. The Balaban J connectivity index is 2.12. The number of anilines is 1. The fraction of sp³-hybridized carbons (Fsp3) is 0.0909. The highest BCUT2D eigenvalue weighted by Gasteiger charge is 2.05. The SMILES string of the molecule is Clc1cc(Cl)c(NCc2cc[nH]c2)cc1Cl. The number of H-pyrrole nitrogens is 1. The molecule has 2 nitrogen and oxygen atoms in total. The molecule has 5 heteroatoms. The number of hydrogen-bond acceptors (Lipinski definition) is 1. The maximum absolute atomic E-state index is 6.03. The van der Waals surface area contributed by atoms with Gasteiger partial charge in [-0.05, 0) is 23.8 Å². The van der Waals surface area contributed by atoms with Gasteiger partial charge in [0, 0.05) is 18.9 Å². The highest BCUT2D eigenvalue weighted by atomic mass is 35.5. The van der Waals surface area contributed by atoms with Gasteiger partial charge in [-0.15, -0.1) is 0 Å². The predicted octanol–water partition coefficient (Wildman–Crippen LogP) is 4.59. The summed E-state index contributed by atoms with van der Waals surface area (Å²) in [5, 5.41) is 4.69. The highest BCUT2D eigenvalue weighted by molar-refractivity contribution is 6.44. The van der Waals surface area contributed by atoms with Gasteiger partial charge in [0.25, 0.3) is 0 Å². The van der Waals surface area contributed by atoms with Crippen LogP contribution in [0.15, 0.2) is 30.6 Å². The normalized spacial score (nSPS) is 10.4. The molecule has 0 aliphatic heterocycles. The molecule has 0 atom stereocenters. The van der Waals surface area contributed by atoms with Crippen LogP contribution in [-0.4, -0.2) is 4.98 Å². The maximum Gasteiger partial charge on any atom is 0.0653 e. The van der Waals surface area contributed by atoms with E-state index in [9.17, 15) is 0 Å². The number of hydrogen-bond donors (Lipinski definition) is 2. The number of rotatable bonds is 3. The van der Waals surface area contributed by atoms with Crippen LogP contribution in [0.4, 0.5) is 5.69 Å². The number of nitrogens with one attached hydrogen (secondary N) is 2. The van der Waals surface area contributed by atoms with E-state index in [1.165, 1.54) is 0 Å². The van der Waals surface area contributed by atoms with Gasteiger partial charge in [0.2, 0.25) is 0 Å². The smallest absolute Gasteiger partial charge is 0.0653 e. The molecule has 0 spiro atoms. The molecule has 0 amide bonds. The first kappa shape index (κ1) is 11.6. The van der Waals surface area contributed by atoms with Crippen LogP contribution < -0.4 is 5.32 Å². The maximum atomic E-state index is 6.03. The van der Waals surface area contributed by atoms with Crippen molar-refractivity contribution in [2.75, 3.05) is 5.32 Å². The van der Waals surface area contributed by atoms with Gasteiger partial charge in [0.1, 0.15) is 0 Å². The Morgan fingerprint density at radius 2 is 1.81 bits per heavy atom. The van der Waals surface area contributed by atoms with Crippen LogP contribution in [0.2, 0.25) is 15.1 Å². The van der Waals surface area contributed by atoms with Crippen molar-refractivity contribution in [2.45, 2.75) is 6.54 Å². The first-order valence-corrected chi connectivity index (χ1v) is 5.80. The summed E-state index contributed by atoms with van der Waals surface area (Å²) in [6.07, 6.45) is 3.78. The Hall–Kier alpha value is -0.830. The molecule has 1 aromatic carbocycles. The molecular formula is C11H9Cl3N2. The second-order valence-corrected chi connectivity index (χ2v) is 4.54. The van der Waals surface area contributed by atoms with Crippen LogP contribution in [0.5, 0.6) is 0 Å². The molecular weight excluding hydrogens is 266 g/mol.